The number of methoxy groups -OCH3 is 1. The number of fused-ring (bicyclic) bond motifs is 6. The molecule has 122 valence electrons. The highest BCUT2D eigenvalue weighted by Gasteiger charge is 2.55. The zero-order valence-electron chi connectivity index (χ0n) is 13.7. The van der Waals surface area contributed by atoms with E-state index in [-0.39, 0.29) is 11.9 Å². The second-order valence-corrected chi connectivity index (χ2v) is 7.78. The monoisotopic (exact) mass is 312 g/mol. The predicted octanol–water partition coefficient (Wildman–Crippen LogP) is 2.56. The highest BCUT2D eigenvalue weighted by atomic mass is 16.5. The molecule has 5 unspecified atom stereocenters. The molecule has 0 bridgehead atoms. The number of hydrogen-bond acceptors (Lipinski definition) is 4. The fourth-order valence-electron chi connectivity index (χ4n) is 5.93. The third-order valence-electron chi connectivity index (χ3n) is 6.79. The first-order chi connectivity index (χ1) is 11.3. The molecule has 3 heterocycles. The van der Waals surface area contributed by atoms with E-state index in [0.717, 1.165) is 32.2 Å². The molecule has 0 radical (unpaired) electrons. The molecule has 0 aromatic carbocycles. The number of aliphatic imine (C=N–C) groups is 1. The average molecular weight is 312 g/mol. The Labute approximate surface area is 137 Å². The Kier molecular flexibility index (Phi) is 3.06. The van der Waals surface area contributed by atoms with Gasteiger partial charge in [0.05, 0.1) is 18.7 Å². The number of esters is 1. The van der Waals surface area contributed by atoms with Crippen LogP contribution in [0.15, 0.2) is 28.4 Å². The van der Waals surface area contributed by atoms with E-state index in [9.17, 15) is 4.79 Å². The molecule has 5 rings (SSSR count). The lowest BCUT2D eigenvalue weighted by Crippen LogP contribution is -2.48. The SMILES string of the molecule is COC(=O)C1CC2CN3CCC4=NC5=C(CCC=C5)C4C3C2C1. The highest BCUT2D eigenvalue weighted by Crippen LogP contribution is 2.52. The van der Waals surface area contributed by atoms with Crippen LogP contribution < -0.4 is 0 Å². The number of ether oxygens (including phenoxy) is 1. The lowest BCUT2D eigenvalue weighted by Gasteiger charge is -2.39. The van der Waals surface area contributed by atoms with Crippen LogP contribution in [0.5, 0.6) is 0 Å². The lowest BCUT2D eigenvalue weighted by atomic mass is 9.75. The van der Waals surface area contributed by atoms with E-state index in [1.165, 1.54) is 31.5 Å². The summed E-state index contributed by atoms with van der Waals surface area (Å²) in [7, 11) is 1.52. The first kappa shape index (κ1) is 14.0. The summed E-state index contributed by atoms with van der Waals surface area (Å²) < 4.78 is 5.01. The molecule has 3 aliphatic heterocycles. The van der Waals surface area contributed by atoms with Crippen molar-refractivity contribution in [1.29, 1.82) is 0 Å². The van der Waals surface area contributed by atoms with Gasteiger partial charge in [0.2, 0.25) is 0 Å². The van der Waals surface area contributed by atoms with Crippen molar-refractivity contribution in [2.45, 2.75) is 38.1 Å². The standard InChI is InChI=1S/C19H24N2O2/c1-23-19(22)11-8-12-10-21-7-6-16-17(18(21)14(12)9-11)13-4-2-3-5-15(13)20-16/h3,5,11-12,14,17-18H,2,4,6-10H2,1H3. The summed E-state index contributed by atoms with van der Waals surface area (Å²) >= 11 is 0. The summed E-state index contributed by atoms with van der Waals surface area (Å²) in [6.07, 6.45) is 9.98. The second kappa shape index (κ2) is 5.04. The van der Waals surface area contributed by atoms with E-state index < -0.39 is 0 Å². The quantitative estimate of drug-likeness (QED) is 0.699. The zero-order chi connectivity index (χ0) is 15.6. The lowest BCUT2D eigenvalue weighted by molar-refractivity contribution is -0.145. The van der Waals surface area contributed by atoms with Crippen LogP contribution in [0.25, 0.3) is 0 Å². The molecule has 0 aromatic rings. The summed E-state index contributed by atoms with van der Waals surface area (Å²) in [5, 5.41) is 0. The van der Waals surface area contributed by atoms with Gasteiger partial charge in [0.15, 0.2) is 0 Å². The van der Waals surface area contributed by atoms with Crippen molar-refractivity contribution in [1.82, 2.24) is 4.90 Å². The maximum Gasteiger partial charge on any atom is 0.308 e. The second-order valence-electron chi connectivity index (χ2n) is 7.78. The van der Waals surface area contributed by atoms with Crippen molar-refractivity contribution >= 4 is 11.7 Å². The van der Waals surface area contributed by atoms with Gasteiger partial charge in [-0.2, -0.15) is 0 Å². The van der Waals surface area contributed by atoms with E-state index >= 15 is 0 Å². The Morgan fingerprint density at radius 2 is 2.26 bits per heavy atom. The first-order valence-electron chi connectivity index (χ1n) is 9.05. The molecule has 5 aliphatic rings. The van der Waals surface area contributed by atoms with E-state index in [0.29, 0.717) is 23.8 Å². The van der Waals surface area contributed by atoms with Gasteiger partial charge in [-0.3, -0.25) is 14.7 Å². The summed E-state index contributed by atoms with van der Waals surface area (Å²) in [4.78, 5) is 19.7. The van der Waals surface area contributed by atoms with E-state index in [2.05, 4.69) is 17.1 Å². The smallest absolute Gasteiger partial charge is 0.308 e. The summed E-state index contributed by atoms with van der Waals surface area (Å²) in [6, 6.07) is 0.584. The number of allylic oxidation sites excluding steroid dienone is 2. The van der Waals surface area contributed by atoms with Gasteiger partial charge in [-0.15, -0.1) is 0 Å². The van der Waals surface area contributed by atoms with E-state index in [1.807, 2.05) is 0 Å². The predicted molar refractivity (Wildman–Crippen MR) is 88.0 cm³/mol. The summed E-state index contributed by atoms with van der Waals surface area (Å²) in [5.74, 6) is 1.98. The molecule has 0 spiro atoms. The number of piperidine rings is 1. The highest BCUT2D eigenvalue weighted by molar-refractivity contribution is 5.95. The molecular weight excluding hydrogens is 288 g/mol. The van der Waals surface area contributed by atoms with Gasteiger partial charge in [0.1, 0.15) is 0 Å². The van der Waals surface area contributed by atoms with Crippen LogP contribution in [0.3, 0.4) is 0 Å². The molecule has 5 atom stereocenters. The molecule has 4 heteroatoms. The van der Waals surface area contributed by atoms with E-state index in [1.54, 1.807) is 5.57 Å². The molecule has 23 heavy (non-hydrogen) atoms. The number of nitrogens with zero attached hydrogens (tertiary/aromatic N) is 2. The third kappa shape index (κ3) is 1.94. The van der Waals surface area contributed by atoms with E-state index in [4.69, 9.17) is 9.73 Å². The maximum absolute atomic E-state index is 12.0. The van der Waals surface area contributed by atoms with Crippen LogP contribution in [0.4, 0.5) is 0 Å². The number of rotatable bonds is 1. The Hall–Kier alpha value is -1.42. The Balaban J connectivity index is 1.46. The van der Waals surface area contributed by atoms with Gasteiger partial charge in [-0.1, -0.05) is 6.08 Å². The Morgan fingerprint density at radius 1 is 1.35 bits per heavy atom. The molecule has 1 saturated carbocycles. The zero-order valence-corrected chi connectivity index (χ0v) is 13.7. The van der Waals surface area contributed by atoms with Gasteiger partial charge in [0.25, 0.3) is 0 Å². The minimum Gasteiger partial charge on any atom is -0.469 e. The normalized spacial score (nSPS) is 41.3. The third-order valence-corrected chi connectivity index (χ3v) is 6.79. The van der Waals surface area contributed by atoms with Crippen molar-refractivity contribution < 1.29 is 9.53 Å². The summed E-state index contributed by atoms with van der Waals surface area (Å²) in [5.41, 5.74) is 4.26. The van der Waals surface area contributed by atoms with Crippen LogP contribution in [-0.2, 0) is 9.53 Å². The average Bonchev–Trinajstić information content (AvgIpc) is 3.23. The topological polar surface area (TPSA) is 41.9 Å². The molecule has 0 N–H and O–H groups in total. The first-order valence-corrected chi connectivity index (χ1v) is 9.05. The van der Waals surface area contributed by atoms with Crippen molar-refractivity contribution in [3.05, 3.63) is 23.4 Å². The Bertz CT molecular complexity index is 648. The van der Waals surface area contributed by atoms with Crippen molar-refractivity contribution in [2.24, 2.45) is 28.7 Å². The van der Waals surface area contributed by atoms with Gasteiger partial charge in [0, 0.05) is 30.8 Å². The molecular formula is C19H24N2O2. The van der Waals surface area contributed by atoms with Crippen LogP contribution in [0.2, 0.25) is 0 Å². The minimum atomic E-state index is 0.00239. The number of hydrogen-bond donors (Lipinski definition) is 0. The molecule has 0 amide bonds. The molecule has 0 aromatic heterocycles. The van der Waals surface area contributed by atoms with Gasteiger partial charge in [-0.25, -0.2) is 0 Å². The molecule has 4 nitrogen and oxygen atoms in total. The van der Waals surface area contributed by atoms with Crippen LogP contribution in [-0.4, -0.2) is 42.8 Å². The van der Waals surface area contributed by atoms with Gasteiger partial charge in [-0.05, 0) is 55.6 Å². The maximum atomic E-state index is 12.0. The van der Waals surface area contributed by atoms with Gasteiger partial charge >= 0.3 is 5.97 Å². The molecule has 2 aliphatic carbocycles. The van der Waals surface area contributed by atoms with Crippen LogP contribution in [0, 0.1) is 23.7 Å². The fraction of sp³-hybridized carbons (Fsp3) is 0.684. The van der Waals surface area contributed by atoms with Crippen molar-refractivity contribution in [3.63, 3.8) is 0 Å². The number of carbonyl (C=O) groups is 1. The fourth-order valence-corrected chi connectivity index (χ4v) is 5.93. The summed E-state index contributed by atoms with van der Waals surface area (Å²) in [6.45, 7) is 2.32. The van der Waals surface area contributed by atoms with Crippen LogP contribution in [0.1, 0.15) is 32.1 Å². The Morgan fingerprint density at radius 3 is 3.13 bits per heavy atom. The number of carbonyl (C=O) groups excluding carboxylic acids is 1. The van der Waals surface area contributed by atoms with Gasteiger partial charge < -0.3 is 4.74 Å². The molecule has 2 saturated heterocycles. The van der Waals surface area contributed by atoms with Crippen molar-refractivity contribution in [3.8, 4) is 0 Å². The molecule has 3 fully saturated rings. The van der Waals surface area contributed by atoms with Crippen LogP contribution >= 0.6 is 0 Å². The minimum absolute atomic E-state index is 0.00239. The largest absolute Gasteiger partial charge is 0.469 e. The van der Waals surface area contributed by atoms with Crippen molar-refractivity contribution in [2.75, 3.05) is 20.2 Å².